The van der Waals surface area contributed by atoms with Gasteiger partial charge in [0.05, 0.1) is 6.17 Å². The van der Waals surface area contributed by atoms with Crippen LogP contribution in [0.4, 0.5) is 0 Å². The summed E-state index contributed by atoms with van der Waals surface area (Å²) in [6, 6.07) is 4.81. The van der Waals surface area contributed by atoms with E-state index >= 15 is 0 Å². The number of benzene rings is 1. The predicted octanol–water partition coefficient (Wildman–Crippen LogP) is 3.62. The van der Waals surface area contributed by atoms with Crippen molar-refractivity contribution in [1.82, 2.24) is 9.80 Å². The number of hydrogen-bond acceptors (Lipinski definition) is 2. The molecule has 0 spiro atoms. The van der Waals surface area contributed by atoms with Gasteiger partial charge >= 0.3 is 0 Å². The summed E-state index contributed by atoms with van der Waals surface area (Å²) < 4.78 is 0. The second-order valence-electron chi connectivity index (χ2n) is 7.58. The Bertz CT molecular complexity index is 497. The topological polar surface area (TPSA) is 6.48 Å². The first-order chi connectivity index (χ1) is 9.38. The third kappa shape index (κ3) is 2.29. The largest absolute Gasteiger partial charge is 0.283 e. The van der Waals surface area contributed by atoms with Crippen molar-refractivity contribution in [1.29, 1.82) is 0 Å². The van der Waals surface area contributed by atoms with E-state index in [1.165, 1.54) is 49.3 Å². The minimum absolute atomic E-state index is 0.225. The smallest absolute Gasteiger partial charge is 0.0889 e. The molecule has 3 rings (SSSR count). The fourth-order valence-electron chi connectivity index (χ4n) is 4.00. The molecule has 2 aliphatic rings. The van der Waals surface area contributed by atoms with Crippen LogP contribution in [0, 0.1) is 13.8 Å². The van der Waals surface area contributed by atoms with Crippen LogP contribution >= 0.6 is 0 Å². The molecule has 1 aromatic rings. The normalized spacial score (nSPS) is 29.8. The van der Waals surface area contributed by atoms with Gasteiger partial charge < -0.3 is 0 Å². The van der Waals surface area contributed by atoms with Gasteiger partial charge in [0.1, 0.15) is 0 Å². The van der Waals surface area contributed by atoms with Gasteiger partial charge in [-0.2, -0.15) is 0 Å². The zero-order valence-electron chi connectivity index (χ0n) is 13.7. The maximum absolute atomic E-state index is 2.66. The van der Waals surface area contributed by atoms with E-state index in [1.807, 2.05) is 0 Å². The number of fused-ring (bicyclic) bond motifs is 2. The van der Waals surface area contributed by atoms with Gasteiger partial charge in [0.15, 0.2) is 0 Å². The fraction of sp³-hybridized carbons (Fsp3) is 0.667. The van der Waals surface area contributed by atoms with E-state index < -0.39 is 0 Å². The van der Waals surface area contributed by atoms with Crippen molar-refractivity contribution in [3.05, 3.63) is 34.4 Å². The molecule has 0 aliphatic carbocycles. The Morgan fingerprint density at radius 2 is 1.55 bits per heavy atom. The molecular formula is C18H28N2. The zero-order chi connectivity index (χ0) is 14.5. The minimum atomic E-state index is 0.225. The SMILES string of the molecule is Cc1cc(C2N3CCCN2CC3)c(C)c(C(C)(C)C)c1. The maximum Gasteiger partial charge on any atom is 0.0889 e. The first-order valence-corrected chi connectivity index (χ1v) is 7.97. The average Bonchev–Trinajstić information content (AvgIpc) is 2.60. The molecule has 0 amide bonds. The Morgan fingerprint density at radius 3 is 2.10 bits per heavy atom. The van der Waals surface area contributed by atoms with Gasteiger partial charge in [-0.05, 0) is 42.4 Å². The molecule has 2 nitrogen and oxygen atoms in total. The van der Waals surface area contributed by atoms with Crippen molar-refractivity contribution in [2.75, 3.05) is 26.2 Å². The van der Waals surface area contributed by atoms with Crippen molar-refractivity contribution in [3.63, 3.8) is 0 Å². The summed E-state index contributed by atoms with van der Waals surface area (Å²) in [5.74, 6) is 0. The molecule has 0 N–H and O–H groups in total. The van der Waals surface area contributed by atoms with Crippen LogP contribution in [0.1, 0.15) is 55.6 Å². The van der Waals surface area contributed by atoms with Crippen molar-refractivity contribution >= 4 is 0 Å². The van der Waals surface area contributed by atoms with Crippen molar-refractivity contribution in [3.8, 4) is 0 Å². The molecule has 110 valence electrons. The predicted molar refractivity (Wildman–Crippen MR) is 85.1 cm³/mol. The third-order valence-corrected chi connectivity index (χ3v) is 4.94. The van der Waals surface area contributed by atoms with E-state index in [0.717, 1.165) is 0 Å². The van der Waals surface area contributed by atoms with Crippen LogP contribution in [-0.4, -0.2) is 36.0 Å². The molecule has 20 heavy (non-hydrogen) atoms. The molecule has 2 atom stereocenters. The molecular weight excluding hydrogens is 244 g/mol. The van der Waals surface area contributed by atoms with Crippen LogP contribution in [0.2, 0.25) is 0 Å². The Balaban J connectivity index is 2.08. The number of hydrogen-bond donors (Lipinski definition) is 0. The highest BCUT2D eigenvalue weighted by atomic mass is 15.4. The highest BCUT2D eigenvalue weighted by Crippen LogP contribution is 2.38. The first-order valence-electron chi connectivity index (χ1n) is 7.97. The second-order valence-corrected chi connectivity index (χ2v) is 7.58. The van der Waals surface area contributed by atoms with Crippen LogP contribution in [0.15, 0.2) is 12.1 Å². The minimum Gasteiger partial charge on any atom is -0.283 e. The number of nitrogens with zero attached hydrogens (tertiary/aromatic N) is 2. The third-order valence-electron chi connectivity index (χ3n) is 4.94. The van der Waals surface area contributed by atoms with E-state index in [1.54, 1.807) is 5.56 Å². The zero-order valence-corrected chi connectivity index (χ0v) is 13.7. The Hall–Kier alpha value is -0.860. The summed E-state index contributed by atoms with van der Waals surface area (Å²) in [6.45, 7) is 16.6. The van der Waals surface area contributed by atoms with Gasteiger partial charge in [0.2, 0.25) is 0 Å². The maximum atomic E-state index is 2.66. The van der Waals surface area contributed by atoms with E-state index in [9.17, 15) is 0 Å². The van der Waals surface area contributed by atoms with Gasteiger partial charge in [0.25, 0.3) is 0 Å². The van der Waals surface area contributed by atoms with E-state index in [4.69, 9.17) is 0 Å². The van der Waals surface area contributed by atoms with Crippen LogP contribution in [-0.2, 0) is 5.41 Å². The molecule has 2 unspecified atom stereocenters. The monoisotopic (exact) mass is 272 g/mol. The van der Waals surface area contributed by atoms with Gasteiger partial charge in [-0.3, -0.25) is 9.80 Å². The van der Waals surface area contributed by atoms with Gasteiger partial charge in [-0.25, -0.2) is 0 Å². The van der Waals surface area contributed by atoms with E-state index in [0.29, 0.717) is 6.17 Å². The molecule has 2 heterocycles. The number of rotatable bonds is 1. The molecule has 2 heteroatoms. The molecule has 2 saturated heterocycles. The highest BCUT2D eigenvalue weighted by molar-refractivity contribution is 5.43. The lowest BCUT2D eigenvalue weighted by Crippen LogP contribution is -2.38. The molecule has 2 bridgehead atoms. The van der Waals surface area contributed by atoms with Crippen LogP contribution in [0.25, 0.3) is 0 Å². The molecule has 0 saturated carbocycles. The summed E-state index contributed by atoms with van der Waals surface area (Å²) in [5, 5.41) is 0. The summed E-state index contributed by atoms with van der Waals surface area (Å²) in [6.07, 6.45) is 1.86. The van der Waals surface area contributed by atoms with E-state index in [2.05, 4.69) is 56.6 Å². The fourth-order valence-corrected chi connectivity index (χ4v) is 4.00. The first kappa shape index (κ1) is 14.1. The van der Waals surface area contributed by atoms with Gasteiger partial charge in [-0.1, -0.05) is 38.5 Å². The second kappa shape index (κ2) is 4.85. The molecule has 2 aliphatic heterocycles. The molecule has 0 aromatic heterocycles. The molecule has 0 radical (unpaired) electrons. The Kier molecular flexibility index (Phi) is 3.42. The van der Waals surface area contributed by atoms with Crippen LogP contribution in [0.3, 0.4) is 0 Å². The summed E-state index contributed by atoms with van der Waals surface area (Å²) >= 11 is 0. The lowest BCUT2D eigenvalue weighted by atomic mass is 9.81. The summed E-state index contributed by atoms with van der Waals surface area (Å²) in [5.41, 5.74) is 6.20. The van der Waals surface area contributed by atoms with Gasteiger partial charge in [-0.15, -0.1) is 0 Å². The highest BCUT2D eigenvalue weighted by Gasteiger charge is 2.37. The van der Waals surface area contributed by atoms with Crippen molar-refractivity contribution < 1.29 is 0 Å². The van der Waals surface area contributed by atoms with Crippen molar-refractivity contribution in [2.45, 2.75) is 52.6 Å². The Morgan fingerprint density at radius 1 is 0.950 bits per heavy atom. The molecule has 2 fully saturated rings. The average molecular weight is 272 g/mol. The van der Waals surface area contributed by atoms with Crippen molar-refractivity contribution in [2.24, 2.45) is 0 Å². The summed E-state index contributed by atoms with van der Waals surface area (Å²) in [4.78, 5) is 5.33. The quantitative estimate of drug-likeness (QED) is 0.770. The number of aryl methyl sites for hydroxylation is 1. The summed E-state index contributed by atoms with van der Waals surface area (Å²) in [7, 11) is 0. The van der Waals surface area contributed by atoms with Gasteiger partial charge in [0, 0.05) is 26.2 Å². The van der Waals surface area contributed by atoms with Crippen LogP contribution < -0.4 is 0 Å². The van der Waals surface area contributed by atoms with Crippen LogP contribution in [0.5, 0.6) is 0 Å². The van der Waals surface area contributed by atoms with E-state index in [-0.39, 0.29) is 5.41 Å². The Labute approximate surface area is 123 Å². The standard InChI is InChI=1S/C18H28N2/c1-13-11-15(14(2)16(12-13)18(3,4)5)17-19-7-6-8-20(17)10-9-19/h11-12,17H,6-10H2,1-5H3. The lowest BCUT2D eigenvalue weighted by molar-refractivity contribution is 0.0921. The molecule has 1 aromatic carbocycles. The lowest BCUT2D eigenvalue weighted by Gasteiger charge is -2.37.